The predicted molar refractivity (Wildman–Crippen MR) is 92.7 cm³/mol. The molecule has 2 rings (SSSR count). The molecule has 0 aliphatic carbocycles. The Bertz CT molecular complexity index is 777. The highest BCUT2D eigenvalue weighted by atomic mass is 35.5. The molecule has 0 saturated carbocycles. The van der Waals surface area contributed by atoms with E-state index in [-0.39, 0.29) is 17.5 Å². The van der Waals surface area contributed by atoms with Gasteiger partial charge in [0.1, 0.15) is 11.4 Å². The fourth-order valence-electron chi connectivity index (χ4n) is 1.90. The van der Waals surface area contributed by atoms with E-state index >= 15 is 0 Å². The Morgan fingerprint density at radius 1 is 1.29 bits per heavy atom. The van der Waals surface area contributed by atoms with Crippen LogP contribution in [0.3, 0.4) is 0 Å². The lowest BCUT2D eigenvalue weighted by Crippen LogP contribution is -2.24. The second-order valence-electron chi connectivity index (χ2n) is 4.73. The second kappa shape index (κ2) is 8.12. The summed E-state index contributed by atoms with van der Waals surface area (Å²) in [6.07, 6.45) is 2.96. The molecule has 7 heteroatoms. The van der Waals surface area contributed by atoms with E-state index < -0.39 is 0 Å². The molecule has 1 aromatic heterocycles. The first-order valence-electron chi connectivity index (χ1n) is 7.05. The molecule has 2 aromatic rings. The van der Waals surface area contributed by atoms with E-state index in [2.05, 4.69) is 22.2 Å². The number of methoxy groups -OCH3 is 1. The van der Waals surface area contributed by atoms with Crippen LogP contribution in [-0.4, -0.2) is 30.5 Å². The number of aromatic nitrogens is 1. The average Bonchev–Trinajstić information content (AvgIpc) is 2.60. The SMILES string of the molecule is C=CCNC(=O)c1cc(C(=O)Nc2ccc(OC)c(Cl)c2)ccn1. The van der Waals surface area contributed by atoms with E-state index in [0.29, 0.717) is 28.6 Å². The van der Waals surface area contributed by atoms with Gasteiger partial charge in [0.15, 0.2) is 0 Å². The third-order valence-corrected chi connectivity index (χ3v) is 3.37. The molecule has 0 bridgehead atoms. The van der Waals surface area contributed by atoms with E-state index in [1.165, 1.54) is 25.4 Å². The lowest BCUT2D eigenvalue weighted by molar-refractivity contribution is 0.0953. The van der Waals surface area contributed by atoms with Crippen LogP contribution in [0.1, 0.15) is 20.8 Å². The van der Waals surface area contributed by atoms with Crippen LogP contribution in [0.25, 0.3) is 0 Å². The summed E-state index contributed by atoms with van der Waals surface area (Å²) in [5.74, 6) is -0.242. The van der Waals surface area contributed by atoms with Gasteiger partial charge in [-0.15, -0.1) is 6.58 Å². The number of ether oxygens (including phenoxy) is 1. The van der Waals surface area contributed by atoms with Crippen LogP contribution in [0, 0.1) is 0 Å². The van der Waals surface area contributed by atoms with Gasteiger partial charge in [-0.1, -0.05) is 17.7 Å². The predicted octanol–water partition coefficient (Wildman–Crippen LogP) is 2.91. The quantitative estimate of drug-likeness (QED) is 0.789. The summed E-state index contributed by atoms with van der Waals surface area (Å²) in [7, 11) is 1.51. The number of hydrogen-bond acceptors (Lipinski definition) is 4. The van der Waals surface area contributed by atoms with E-state index in [9.17, 15) is 9.59 Å². The van der Waals surface area contributed by atoms with Crippen LogP contribution in [0.2, 0.25) is 5.02 Å². The highest BCUT2D eigenvalue weighted by Gasteiger charge is 2.12. The minimum atomic E-state index is -0.378. The Labute approximate surface area is 144 Å². The molecule has 1 aromatic carbocycles. The first-order valence-corrected chi connectivity index (χ1v) is 7.43. The van der Waals surface area contributed by atoms with Gasteiger partial charge in [0.25, 0.3) is 11.8 Å². The molecule has 0 spiro atoms. The van der Waals surface area contributed by atoms with Crippen molar-refractivity contribution >= 4 is 29.1 Å². The topological polar surface area (TPSA) is 80.3 Å². The maximum absolute atomic E-state index is 12.3. The highest BCUT2D eigenvalue weighted by Crippen LogP contribution is 2.27. The monoisotopic (exact) mass is 345 g/mol. The fraction of sp³-hybridized carbons (Fsp3) is 0.118. The number of amides is 2. The molecular weight excluding hydrogens is 330 g/mol. The number of nitrogens with zero attached hydrogens (tertiary/aromatic N) is 1. The third kappa shape index (κ3) is 4.33. The number of benzene rings is 1. The molecule has 0 saturated heterocycles. The van der Waals surface area contributed by atoms with Crippen molar-refractivity contribution in [3.63, 3.8) is 0 Å². The van der Waals surface area contributed by atoms with Crippen molar-refractivity contribution in [1.82, 2.24) is 10.3 Å². The van der Waals surface area contributed by atoms with Gasteiger partial charge < -0.3 is 15.4 Å². The van der Waals surface area contributed by atoms with Gasteiger partial charge in [-0.2, -0.15) is 0 Å². The number of rotatable bonds is 6. The Morgan fingerprint density at radius 3 is 2.75 bits per heavy atom. The zero-order valence-corrected chi connectivity index (χ0v) is 13.8. The van der Waals surface area contributed by atoms with Gasteiger partial charge in [0.05, 0.1) is 12.1 Å². The van der Waals surface area contributed by atoms with Gasteiger partial charge in [0, 0.05) is 24.0 Å². The van der Waals surface area contributed by atoms with Gasteiger partial charge in [-0.25, -0.2) is 0 Å². The molecule has 24 heavy (non-hydrogen) atoms. The normalized spacial score (nSPS) is 9.92. The largest absolute Gasteiger partial charge is 0.495 e. The molecule has 0 unspecified atom stereocenters. The summed E-state index contributed by atoms with van der Waals surface area (Å²) >= 11 is 6.03. The van der Waals surface area contributed by atoms with Crippen LogP contribution >= 0.6 is 11.6 Å². The zero-order valence-electron chi connectivity index (χ0n) is 13.0. The number of halogens is 1. The third-order valence-electron chi connectivity index (χ3n) is 3.07. The molecular formula is C17H16ClN3O3. The van der Waals surface area contributed by atoms with Crippen molar-refractivity contribution in [2.75, 3.05) is 19.0 Å². The Kier molecular flexibility index (Phi) is 5.92. The number of pyridine rings is 1. The second-order valence-corrected chi connectivity index (χ2v) is 5.14. The first kappa shape index (κ1) is 17.5. The van der Waals surface area contributed by atoms with Gasteiger partial charge in [-0.3, -0.25) is 14.6 Å². The van der Waals surface area contributed by atoms with Crippen LogP contribution < -0.4 is 15.4 Å². The molecule has 0 aliphatic rings. The molecule has 0 fully saturated rings. The number of hydrogen-bond donors (Lipinski definition) is 2. The highest BCUT2D eigenvalue weighted by molar-refractivity contribution is 6.32. The molecule has 6 nitrogen and oxygen atoms in total. The van der Waals surface area contributed by atoms with Crippen molar-refractivity contribution in [3.05, 3.63) is 65.5 Å². The molecule has 0 atom stereocenters. The maximum Gasteiger partial charge on any atom is 0.270 e. The number of nitrogens with one attached hydrogen (secondary N) is 2. The van der Waals surface area contributed by atoms with Gasteiger partial charge >= 0.3 is 0 Å². The van der Waals surface area contributed by atoms with Crippen LogP contribution in [0.5, 0.6) is 5.75 Å². The molecule has 124 valence electrons. The van der Waals surface area contributed by atoms with Crippen LogP contribution in [0.15, 0.2) is 49.2 Å². The zero-order chi connectivity index (χ0) is 17.5. The molecule has 2 N–H and O–H groups in total. The summed E-state index contributed by atoms with van der Waals surface area (Å²) in [5, 5.41) is 5.69. The lowest BCUT2D eigenvalue weighted by Gasteiger charge is -2.09. The Morgan fingerprint density at radius 2 is 2.08 bits per heavy atom. The molecule has 0 radical (unpaired) electrons. The molecule has 1 heterocycles. The summed E-state index contributed by atoms with van der Waals surface area (Å²) in [5.41, 5.74) is 0.971. The Hall–Kier alpha value is -2.86. The van der Waals surface area contributed by atoms with Gasteiger partial charge in [-0.05, 0) is 30.3 Å². The van der Waals surface area contributed by atoms with Crippen LogP contribution in [0.4, 0.5) is 5.69 Å². The Balaban J connectivity index is 2.13. The van der Waals surface area contributed by atoms with E-state index in [0.717, 1.165) is 0 Å². The molecule has 2 amide bonds. The van der Waals surface area contributed by atoms with Crippen LogP contribution in [-0.2, 0) is 0 Å². The smallest absolute Gasteiger partial charge is 0.270 e. The van der Waals surface area contributed by atoms with Gasteiger partial charge in [0.2, 0.25) is 0 Å². The fourth-order valence-corrected chi connectivity index (χ4v) is 2.16. The maximum atomic E-state index is 12.3. The standard InChI is InChI=1S/C17H16ClN3O3/c1-3-7-20-17(23)14-9-11(6-8-19-14)16(22)21-12-4-5-15(24-2)13(18)10-12/h3-6,8-10H,1,7H2,2H3,(H,20,23)(H,21,22). The minimum Gasteiger partial charge on any atom is -0.495 e. The number of carbonyl (C=O) groups is 2. The van der Waals surface area contributed by atoms with Crippen molar-refractivity contribution in [3.8, 4) is 5.75 Å². The summed E-state index contributed by atoms with van der Waals surface area (Å²) in [6, 6.07) is 7.83. The van der Waals surface area contributed by atoms with Crippen molar-refractivity contribution < 1.29 is 14.3 Å². The van der Waals surface area contributed by atoms with Crippen molar-refractivity contribution in [1.29, 1.82) is 0 Å². The minimum absolute atomic E-state index is 0.150. The van der Waals surface area contributed by atoms with E-state index in [4.69, 9.17) is 16.3 Å². The average molecular weight is 346 g/mol. The van der Waals surface area contributed by atoms with E-state index in [1.54, 1.807) is 24.3 Å². The number of anilines is 1. The van der Waals surface area contributed by atoms with E-state index in [1.807, 2.05) is 0 Å². The lowest BCUT2D eigenvalue weighted by atomic mass is 10.2. The summed E-state index contributed by atoms with van der Waals surface area (Å²) < 4.78 is 5.06. The van der Waals surface area contributed by atoms with Crippen molar-refractivity contribution in [2.24, 2.45) is 0 Å². The molecule has 0 aliphatic heterocycles. The number of carbonyl (C=O) groups excluding carboxylic acids is 2. The first-order chi connectivity index (χ1) is 11.5. The van der Waals surface area contributed by atoms with Crippen molar-refractivity contribution in [2.45, 2.75) is 0 Å². The summed E-state index contributed by atoms with van der Waals surface area (Å²) in [4.78, 5) is 28.1. The summed E-state index contributed by atoms with van der Waals surface area (Å²) in [6.45, 7) is 3.84.